The molecule has 2 aromatic carbocycles. The fourth-order valence-corrected chi connectivity index (χ4v) is 4.38. The van der Waals surface area contributed by atoms with Crippen LogP contribution < -0.4 is 9.46 Å². The molecule has 4 nitrogen and oxygen atoms in total. The summed E-state index contributed by atoms with van der Waals surface area (Å²) in [5.74, 6) is 1.38. The summed E-state index contributed by atoms with van der Waals surface area (Å²) in [6.45, 7) is 3.79. The Morgan fingerprint density at radius 3 is 2.56 bits per heavy atom. The molecular weight excluding hydrogens is 376 g/mol. The van der Waals surface area contributed by atoms with Gasteiger partial charge in [0.25, 0.3) is 0 Å². The van der Waals surface area contributed by atoms with Crippen molar-refractivity contribution in [2.45, 2.75) is 18.7 Å². The Kier molecular flexibility index (Phi) is 5.54. The molecule has 0 saturated heterocycles. The summed E-state index contributed by atoms with van der Waals surface area (Å²) < 4.78 is 20.8. The summed E-state index contributed by atoms with van der Waals surface area (Å²) in [4.78, 5) is 5.23. The normalized spacial score (nSPS) is 12.0. The standard InChI is InChI=1S/C18H17ClN2O2S2/c1-11-9-16(12(2)8-15(11)19)25(22)21-17-10-24-18(20-17)13-4-6-14(23-3)7-5-13/h4-10,21H,1-3H3. The van der Waals surface area contributed by atoms with E-state index in [9.17, 15) is 4.55 Å². The lowest BCUT2D eigenvalue weighted by Gasteiger charge is -2.13. The van der Waals surface area contributed by atoms with E-state index in [-0.39, 0.29) is 0 Å². The molecular formula is C18H17ClN2O2S2. The number of benzene rings is 2. The zero-order chi connectivity index (χ0) is 18.0. The molecule has 0 spiro atoms. The molecule has 0 radical (unpaired) electrons. The van der Waals surface area contributed by atoms with Crippen molar-refractivity contribution in [3.8, 4) is 16.3 Å². The van der Waals surface area contributed by atoms with Crippen LogP contribution in [0.4, 0.5) is 5.82 Å². The number of nitrogens with zero attached hydrogens (tertiary/aromatic N) is 1. The average molecular weight is 393 g/mol. The molecule has 3 aromatic rings. The SMILES string of the molecule is COc1ccc(-c2nc(N[S+]([O-])c3cc(C)c(Cl)cc3C)cs2)cc1. The Morgan fingerprint density at radius 2 is 1.88 bits per heavy atom. The number of ether oxygens (including phenoxy) is 1. The van der Waals surface area contributed by atoms with Crippen molar-refractivity contribution in [1.82, 2.24) is 4.98 Å². The van der Waals surface area contributed by atoms with E-state index in [1.165, 1.54) is 11.3 Å². The first-order valence-electron chi connectivity index (χ1n) is 7.53. The molecule has 3 rings (SSSR count). The van der Waals surface area contributed by atoms with Crippen LogP contribution in [0.15, 0.2) is 46.7 Å². The molecule has 0 amide bonds. The Bertz CT molecular complexity index is 881. The molecule has 7 heteroatoms. The zero-order valence-corrected chi connectivity index (χ0v) is 16.4. The van der Waals surface area contributed by atoms with Crippen molar-refractivity contribution in [2.75, 3.05) is 11.8 Å². The number of hydrogen-bond acceptors (Lipinski definition) is 5. The second-order valence-corrected chi connectivity index (χ2v) is 7.95. The first-order chi connectivity index (χ1) is 12.0. The molecule has 0 aliphatic rings. The number of aromatic nitrogens is 1. The molecule has 25 heavy (non-hydrogen) atoms. The molecule has 0 bridgehead atoms. The fourth-order valence-electron chi connectivity index (χ4n) is 2.29. The second-order valence-electron chi connectivity index (χ2n) is 5.50. The number of methoxy groups -OCH3 is 1. The van der Waals surface area contributed by atoms with E-state index in [1.54, 1.807) is 7.11 Å². The number of thiazole rings is 1. The molecule has 0 saturated carbocycles. The smallest absolute Gasteiger partial charge is 0.183 e. The van der Waals surface area contributed by atoms with Crippen LogP contribution in [-0.4, -0.2) is 16.6 Å². The van der Waals surface area contributed by atoms with Crippen LogP contribution in [0.25, 0.3) is 10.6 Å². The highest BCUT2D eigenvalue weighted by atomic mass is 35.5. The third-order valence-corrected chi connectivity index (χ3v) is 6.23. The van der Waals surface area contributed by atoms with Gasteiger partial charge in [-0.15, -0.1) is 11.3 Å². The monoisotopic (exact) mass is 392 g/mol. The van der Waals surface area contributed by atoms with E-state index < -0.39 is 11.4 Å². The van der Waals surface area contributed by atoms with E-state index in [1.807, 2.05) is 55.6 Å². The summed E-state index contributed by atoms with van der Waals surface area (Å²) in [5, 5.41) is 3.38. The lowest BCUT2D eigenvalue weighted by Crippen LogP contribution is -2.14. The van der Waals surface area contributed by atoms with Gasteiger partial charge in [-0.3, -0.25) is 0 Å². The summed E-state index contributed by atoms with van der Waals surface area (Å²) in [7, 11) is 1.64. The topological polar surface area (TPSA) is 57.2 Å². The van der Waals surface area contributed by atoms with Gasteiger partial charge in [0.05, 0.1) is 7.11 Å². The van der Waals surface area contributed by atoms with Gasteiger partial charge in [0.15, 0.2) is 10.7 Å². The molecule has 1 N–H and O–H groups in total. The number of aryl methyl sites for hydroxylation is 2. The molecule has 1 unspecified atom stereocenters. The molecule has 130 valence electrons. The maximum atomic E-state index is 12.6. The Morgan fingerprint density at radius 1 is 1.16 bits per heavy atom. The quantitative estimate of drug-likeness (QED) is 0.604. The Hall–Kier alpha value is -1.73. The van der Waals surface area contributed by atoms with Crippen molar-refractivity contribution in [3.63, 3.8) is 0 Å². The lowest BCUT2D eigenvalue weighted by molar-refractivity contribution is 0.415. The van der Waals surface area contributed by atoms with E-state index in [2.05, 4.69) is 9.71 Å². The first-order valence-corrected chi connectivity index (χ1v) is 9.94. The van der Waals surface area contributed by atoms with E-state index in [4.69, 9.17) is 16.3 Å². The van der Waals surface area contributed by atoms with Gasteiger partial charge in [-0.1, -0.05) is 11.6 Å². The number of halogens is 1. The highest BCUT2D eigenvalue weighted by Gasteiger charge is 2.18. The van der Waals surface area contributed by atoms with Gasteiger partial charge in [0.1, 0.15) is 22.1 Å². The molecule has 0 fully saturated rings. The maximum Gasteiger partial charge on any atom is 0.183 e. The van der Waals surface area contributed by atoms with Crippen LogP contribution in [0.5, 0.6) is 5.75 Å². The number of hydrogen-bond donors (Lipinski definition) is 1. The van der Waals surface area contributed by atoms with Gasteiger partial charge < -0.3 is 9.29 Å². The molecule has 0 aliphatic heterocycles. The van der Waals surface area contributed by atoms with E-state index in [0.29, 0.717) is 15.7 Å². The predicted molar refractivity (Wildman–Crippen MR) is 105 cm³/mol. The Labute approximate surface area is 159 Å². The summed E-state index contributed by atoms with van der Waals surface area (Å²) >= 11 is 6.20. The second kappa shape index (κ2) is 7.66. The molecule has 1 atom stereocenters. The van der Waals surface area contributed by atoms with Gasteiger partial charge in [-0.2, -0.15) is 4.72 Å². The van der Waals surface area contributed by atoms with Crippen molar-refractivity contribution in [1.29, 1.82) is 0 Å². The maximum absolute atomic E-state index is 12.6. The fraction of sp³-hybridized carbons (Fsp3) is 0.167. The number of anilines is 1. The van der Waals surface area contributed by atoms with Crippen LogP contribution in [0.1, 0.15) is 11.1 Å². The highest BCUT2D eigenvalue weighted by Crippen LogP contribution is 2.30. The number of rotatable bonds is 5. The lowest BCUT2D eigenvalue weighted by atomic mass is 10.2. The third kappa shape index (κ3) is 4.10. The van der Waals surface area contributed by atoms with Gasteiger partial charge in [-0.25, -0.2) is 4.98 Å². The Balaban J connectivity index is 1.77. The largest absolute Gasteiger partial charge is 0.588 e. The zero-order valence-electron chi connectivity index (χ0n) is 14.0. The summed E-state index contributed by atoms with van der Waals surface area (Å²) in [6, 6.07) is 11.4. The highest BCUT2D eigenvalue weighted by molar-refractivity contribution is 7.92. The third-order valence-electron chi connectivity index (χ3n) is 3.69. The molecule has 1 aromatic heterocycles. The van der Waals surface area contributed by atoms with Gasteiger partial charge in [0.2, 0.25) is 0 Å². The van der Waals surface area contributed by atoms with Crippen LogP contribution in [0.2, 0.25) is 5.02 Å². The number of nitrogens with one attached hydrogen (secondary N) is 1. The van der Waals surface area contributed by atoms with Crippen molar-refractivity contribution in [3.05, 3.63) is 57.9 Å². The van der Waals surface area contributed by atoms with Gasteiger partial charge >= 0.3 is 0 Å². The minimum Gasteiger partial charge on any atom is -0.588 e. The van der Waals surface area contributed by atoms with Crippen molar-refractivity contribution >= 4 is 40.1 Å². The van der Waals surface area contributed by atoms with E-state index >= 15 is 0 Å². The first kappa shape index (κ1) is 18.1. The molecule has 1 heterocycles. The van der Waals surface area contributed by atoms with Crippen molar-refractivity contribution < 1.29 is 9.29 Å². The summed E-state index contributed by atoms with van der Waals surface area (Å²) in [6.07, 6.45) is 0. The van der Waals surface area contributed by atoms with Crippen LogP contribution in [-0.2, 0) is 11.4 Å². The van der Waals surface area contributed by atoms with Gasteiger partial charge in [-0.05, 0) is 49.7 Å². The predicted octanol–water partition coefficient (Wildman–Crippen LogP) is 5.22. The van der Waals surface area contributed by atoms with Crippen LogP contribution >= 0.6 is 22.9 Å². The minimum atomic E-state index is -1.40. The van der Waals surface area contributed by atoms with Gasteiger partial charge in [0, 0.05) is 27.6 Å². The van der Waals surface area contributed by atoms with Crippen LogP contribution in [0, 0.1) is 13.8 Å². The minimum absolute atomic E-state index is 0.584. The van der Waals surface area contributed by atoms with Crippen molar-refractivity contribution in [2.24, 2.45) is 0 Å². The summed E-state index contributed by atoms with van der Waals surface area (Å²) in [5.41, 5.74) is 2.77. The average Bonchev–Trinajstić information content (AvgIpc) is 3.06. The molecule has 0 aliphatic carbocycles. The van der Waals surface area contributed by atoms with E-state index in [0.717, 1.165) is 27.4 Å². The van der Waals surface area contributed by atoms with Crippen LogP contribution in [0.3, 0.4) is 0 Å².